The number of nitrogens with two attached hydrogens (primary N) is 1. The second-order valence-corrected chi connectivity index (χ2v) is 7.25. The number of hydrogen-bond donors (Lipinski definition) is 1. The normalized spacial score (nSPS) is 26.5. The topological polar surface area (TPSA) is 59.2 Å². The van der Waals surface area contributed by atoms with E-state index in [1.807, 2.05) is 19.4 Å². The molecule has 0 saturated heterocycles. The van der Waals surface area contributed by atoms with Gasteiger partial charge in [-0.15, -0.1) is 11.3 Å². The van der Waals surface area contributed by atoms with Crippen molar-refractivity contribution in [3.8, 4) is 0 Å². The van der Waals surface area contributed by atoms with E-state index >= 15 is 0 Å². The summed E-state index contributed by atoms with van der Waals surface area (Å²) in [4.78, 5) is 19.0. The summed E-state index contributed by atoms with van der Waals surface area (Å²) in [5.41, 5.74) is 6.59. The molecule has 2 N–H and O–H groups in total. The molecule has 1 heterocycles. The zero-order chi connectivity index (χ0) is 14.8. The van der Waals surface area contributed by atoms with Crippen LogP contribution in [0.2, 0.25) is 0 Å². The Morgan fingerprint density at radius 3 is 2.70 bits per heavy atom. The minimum Gasteiger partial charge on any atom is -0.339 e. The van der Waals surface area contributed by atoms with Gasteiger partial charge in [0, 0.05) is 19.0 Å². The minimum absolute atomic E-state index is 0.192. The van der Waals surface area contributed by atoms with Crippen LogP contribution < -0.4 is 5.73 Å². The van der Waals surface area contributed by atoms with E-state index in [1.54, 1.807) is 16.2 Å². The molecule has 0 bridgehead atoms. The lowest BCUT2D eigenvalue weighted by Gasteiger charge is -2.39. The van der Waals surface area contributed by atoms with Gasteiger partial charge in [0.15, 0.2) is 0 Å². The maximum Gasteiger partial charge on any atom is 0.230 e. The Bertz CT molecular complexity index is 463. The van der Waals surface area contributed by atoms with Crippen LogP contribution in [0.3, 0.4) is 0 Å². The highest BCUT2D eigenvalue weighted by Crippen LogP contribution is 2.39. The largest absolute Gasteiger partial charge is 0.339 e. The molecule has 0 spiro atoms. The predicted octanol–water partition coefficient (Wildman–Crippen LogP) is 2.57. The summed E-state index contributed by atoms with van der Waals surface area (Å²) in [7, 11) is 1.87. The van der Waals surface area contributed by atoms with E-state index in [0.29, 0.717) is 19.0 Å². The molecule has 1 aromatic heterocycles. The fourth-order valence-electron chi connectivity index (χ4n) is 3.02. The van der Waals surface area contributed by atoms with Gasteiger partial charge < -0.3 is 10.6 Å². The number of nitrogens with zero attached hydrogens (tertiary/aromatic N) is 2. The lowest BCUT2D eigenvalue weighted by Crippen LogP contribution is -2.48. The molecule has 1 aromatic rings. The van der Waals surface area contributed by atoms with Crippen LogP contribution in [0.5, 0.6) is 0 Å². The molecule has 0 aromatic carbocycles. The Kier molecular flexibility index (Phi) is 4.81. The van der Waals surface area contributed by atoms with Crippen LogP contribution in [0, 0.1) is 18.3 Å². The summed E-state index contributed by atoms with van der Waals surface area (Å²) in [6.07, 6.45) is 4.05. The molecule has 1 fully saturated rings. The van der Waals surface area contributed by atoms with E-state index < -0.39 is 0 Å². The lowest BCUT2D eigenvalue weighted by molar-refractivity contribution is -0.143. The summed E-state index contributed by atoms with van der Waals surface area (Å²) in [5, 5.41) is 3.07. The van der Waals surface area contributed by atoms with Gasteiger partial charge in [-0.05, 0) is 38.5 Å². The Morgan fingerprint density at radius 1 is 1.55 bits per heavy atom. The number of rotatable bonds is 4. The van der Waals surface area contributed by atoms with Gasteiger partial charge in [-0.3, -0.25) is 4.79 Å². The fourth-order valence-corrected chi connectivity index (χ4v) is 3.62. The molecule has 1 aliphatic rings. The molecule has 0 unspecified atom stereocenters. The van der Waals surface area contributed by atoms with Crippen molar-refractivity contribution in [1.29, 1.82) is 0 Å². The van der Waals surface area contributed by atoms with E-state index in [4.69, 9.17) is 5.73 Å². The summed E-state index contributed by atoms with van der Waals surface area (Å²) >= 11 is 1.63. The van der Waals surface area contributed by atoms with Gasteiger partial charge in [-0.1, -0.05) is 6.92 Å². The highest BCUT2D eigenvalue weighted by atomic mass is 32.1. The SMILES string of the molecule is Cc1nc(CN(C)C(=O)C2(CN)CCC(C)CC2)cs1. The van der Waals surface area contributed by atoms with Crippen LogP contribution in [-0.4, -0.2) is 29.4 Å². The maximum absolute atomic E-state index is 12.8. The van der Waals surface area contributed by atoms with Crippen LogP contribution in [0.1, 0.15) is 43.3 Å². The monoisotopic (exact) mass is 295 g/mol. The van der Waals surface area contributed by atoms with Gasteiger partial charge >= 0.3 is 0 Å². The van der Waals surface area contributed by atoms with Crippen LogP contribution >= 0.6 is 11.3 Å². The first-order valence-electron chi connectivity index (χ1n) is 7.33. The molecule has 0 radical (unpaired) electrons. The first-order chi connectivity index (χ1) is 9.47. The lowest BCUT2D eigenvalue weighted by atomic mass is 9.70. The van der Waals surface area contributed by atoms with Gasteiger partial charge in [0.2, 0.25) is 5.91 Å². The standard InChI is InChI=1S/C15H25N3OS/c1-11-4-6-15(10-16,7-5-11)14(19)18(3)8-13-9-20-12(2)17-13/h9,11H,4-8,10,16H2,1-3H3. The third-order valence-electron chi connectivity index (χ3n) is 4.49. The molecular formula is C15H25N3OS. The molecule has 1 aliphatic carbocycles. The molecule has 4 nitrogen and oxygen atoms in total. The van der Waals surface area contributed by atoms with Gasteiger partial charge in [0.1, 0.15) is 0 Å². The van der Waals surface area contributed by atoms with E-state index in [2.05, 4.69) is 11.9 Å². The Hall–Kier alpha value is -0.940. The van der Waals surface area contributed by atoms with Crippen LogP contribution in [0.15, 0.2) is 5.38 Å². The molecule has 0 aliphatic heterocycles. The zero-order valence-corrected chi connectivity index (χ0v) is 13.5. The van der Waals surface area contributed by atoms with Crippen molar-refractivity contribution in [2.24, 2.45) is 17.1 Å². The minimum atomic E-state index is -0.341. The van der Waals surface area contributed by atoms with Crippen LogP contribution in [-0.2, 0) is 11.3 Å². The third kappa shape index (κ3) is 3.20. The molecule has 5 heteroatoms. The van der Waals surface area contributed by atoms with E-state index in [-0.39, 0.29) is 11.3 Å². The molecule has 112 valence electrons. The van der Waals surface area contributed by atoms with E-state index in [9.17, 15) is 4.79 Å². The smallest absolute Gasteiger partial charge is 0.230 e. The summed E-state index contributed by atoms with van der Waals surface area (Å²) in [6.45, 7) is 5.28. The van der Waals surface area contributed by atoms with Crippen molar-refractivity contribution in [3.05, 3.63) is 16.1 Å². The van der Waals surface area contributed by atoms with Crippen LogP contribution in [0.25, 0.3) is 0 Å². The number of hydrogen-bond acceptors (Lipinski definition) is 4. The van der Waals surface area contributed by atoms with Crippen molar-refractivity contribution in [3.63, 3.8) is 0 Å². The summed E-state index contributed by atoms with van der Waals surface area (Å²) in [6, 6.07) is 0. The Morgan fingerprint density at radius 2 is 2.20 bits per heavy atom. The van der Waals surface area contributed by atoms with Gasteiger partial charge in [-0.2, -0.15) is 0 Å². The fraction of sp³-hybridized carbons (Fsp3) is 0.733. The van der Waals surface area contributed by atoms with E-state index in [1.165, 1.54) is 0 Å². The number of aromatic nitrogens is 1. The third-order valence-corrected chi connectivity index (χ3v) is 5.31. The molecule has 20 heavy (non-hydrogen) atoms. The van der Waals surface area contributed by atoms with Crippen molar-refractivity contribution in [1.82, 2.24) is 9.88 Å². The van der Waals surface area contributed by atoms with Crippen molar-refractivity contribution >= 4 is 17.2 Å². The second kappa shape index (κ2) is 6.22. The predicted molar refractivity (Wildman–Crippen MR) is 82.4 cm³/mol. The first-order valence-corrected chi connectivity index (χ1v) is 8.21. The molecular weight excluding hydrogens is 270 g/mol. The molecule has 1 amide bonds. The van der Waals surface area contributed by atoms with Crippen molar-refractivity contribution < 1.29 is 4.79 Å². The number of carbonyl (C=O) groups excluding carboxylic acids is 1. The van der Waals surface area contributed by atoms with Crippen molar-refractivity contribution in [2.45, 2.75) is 46.1 Å². The van der Waals surface area contributed by atoms with Gasteiger partial charge in [0.25, 0.3) is 0 Å². The Labute approximate surface area is 125 Å². The van der Waals surface area contributed by atoms with Gasteiger partial charge in [-0.25, -0.2) is 4.98 Å². The molecule has 0 atom stereocenters. The number of thiazole rings is 1. The van der Waals surface area contributed by atoms with Crippen molar-refractivity contribution in [2.75, 3.05) is 13.6 Å². The van der Waals surface area contributed by atoms with Crippen LogP contribution in [0.4, 0.5) is 0 Å². The summed E-state index contributed by atoms with van der Waals surface area (Å²) < 4.78 is 0. The van der Waals surface area contributed by atoms with E-state index in [0.717, 1.165) is 36.4 Å². The maximum atomic E-state index is 12.8. The average molecular weight is 295 g/mol. The number of aryl methyl sites for hydroxylation is 1. The number of carbonyl (C=O) groups is 1. The molecule has 2 rings (SSSR count). The number of amides is 1. The average Bonchev–Trinajstić information content (AvgIpc) is 2.84. The summed E-state index contributed by atoms with van der Waals surface area (Å²) in [5.74, 6) is 0.909. The molecule has 1 saturated carbocycles. The zero-order valence-electron chi connectivity index (χ0n) is 12.7. The Balaban J connectivity index is 2.04. The quantitative estimate of drug-likeness (QED) is 0.928. The van der Waals surface area contributed by atoms with Gasteiger partial charge in [0.05, 0.1) is 22.7 Å². The first kappa shape index (κ1) is 15.4. The second-order valence-electron chi connectivity index (χ2n) is 6.19. The highest BCUT2D eigenvalue weighted by molar-refractivity contribution is 7.09. The highest BCUT2D eigenvalue weighted by Gasteiger charge is 2.41.